The molecule has 2 heterocycles. The molecular weight excluding hydrogens is 295 g/mol. The molecular formula is C11H14F3N3O2S. The molecule has 0 saturated carbocycles. The Morgan fingerprint density at radius 1 is 1.40 bits per heavy atom. The lowest BCUT2D eigenvalue weighted by Crippen LogP contribution is -2.36. The van der Waals surface area contributed by atoms with E-state index in [1.54, 1.807) is 23.1 Å². The van der Waals surface area contributed by atoms with Crippen LogP contribution >= 0.6 is 0 Å². The molecule has 1 aromatic heterocycles. The largest absolute Gasteiger partial charge is 0.497 e. The molecule has 0 bridgehead atoms. The molecule has 2 rings (SSSR count). The average Bonchev–Trinajstić information content (AvgIpc) is 2.76. The standard InChI is InChI=1S/C11H14F3N3O2S/c12-11(13,14)20(18,19)9-4-5-17(7-9)6-8-2-1-3-10(15)16-8/h1-3,9H,4-7H2,(H2,15,16)/t9-/m1/s1. The van der Waals surface area contributed by atoms with Gasteiger partial charge in [0.1, 0.15) is 5.82 Å². The van der Waals surface area contributed by atoms with Gasteiger partial charge >= 0.3 is 5.51 Å². The highest BCUT2D eigenvalue weighted by Gasteiger charge is 2.52. The van der Waals surface area contributed by atoms with Gasteiger partial charge in [-0.05, 0) is 25.1 Å². The number of sulfone groups is 1. The van der Waals surface area contributed by atoms with E-state index < -0.39 is 20.6 Å². The van der Waals surface area contributed by atoms with Crippen molar-refractivity contribution in [2.75, 3.05) is 18.8 Å². The lowest BCUT2D eigenvalue weighted by molar-refractivity contribution is -0.0444. The third kappa shape index (κ3) is 3.04. The Hall–Kier alpha value is -1.35. The van der Waals surface area contributed by atoms with Crippen LogP contribution in [-0.2, 0) is 16.4 Å². The molecule has 0 amide bonds. The van der Waals surface area contributed by atoms with E-state index in [2.05, 4.69) is 4.98 Å². The molecule has 1 aliphatic heterocycles. The van der Waals surface area contributed by atoms with Gasteiger partial charge in [-0.15, -0.1) is 0 Å². The zero-order valence-electron chi connectivity index (χ0n) is 10.5. The molecule has 0 unspecified atom stereocenters. The molecule has 0 spiro atoms. The Balaban J connectivity index is 2.03. The van der Waals surface area contributed by atoms with Crippen LogP contribution in [-0.4, -0.2) is 42.1 Å². The minimum absolute atomic E-state index is 0.0237. The number of nitrogens with two attached hydrogens (primary N) is 1. The Bertz CT molecular complexity index is 589. The van der Waals surface area contributed by atoms with Gasteiger partial charge < -0.3 is 5.73 Å². The molecule has 1 aliphatic rings. The zero-order chi connectivity index (χ0) is 15.0. The number of aromatic nitrogens is 1. The van der Waals surface area contributed by atoms with Gasteiger partial charge in [-0.3, -0.25) is 4.90 Å². The number of alkyl halides is 3. The topological polar surface area (TPSA) is 76.3 Å². The Kier molecular flexibility index (Phi) is 3.92. The van der Waals surface area contributed by atoms with Crippen molar-refractivity contribution in [3.05, 3.63) is 23.9 Å². The zero-order valence-corrected chi connectivity index (χ0v) is 11.3. The van der Waals surface area contributed by atoms with Crippen LogP contribution in [0.1, 0.15) is 12.1 Å². The maximum absolute atomic E-state index is 12.5. The smallest absolute Gasteiger partial charge is 0.384 e. The molecule has 1 atom stereocenters. The third-order valence-electron chi connectivity index (χ3n) is 3.20. The van der Waals surface area contributed by atoms with Crippen LogP contribution in [0.4, 0.5) is 19.0 Å². The first kappa shape index (κ1) is 15.0. The van der Waals surface area contributed by atoms with Crippen LogP contribution in [0, 0.1) is 0 Å². The molecule has 112 valence electrons. The van der Waals surface area contributed by atoms with E-state index >= 15 is 0 Å². The number of anilines is 1. The van der Waals surface area contributed by atoms with Crippen molar-refractivity contribution < 1.29 is 21.6 Å². The van der Waals surface area contributed by atoms with Gasteiger partial charge in [-0.2, -0.15) is 13.2 Å². The average molecular weight is 309 g/mol. The summed E-state index contributed by atoms with van der Waals surface area (Å²) in [4.78, 5) is 5.67. The molecule has 9 heteroatoms. The lowest BCUT2D eigenvalue weighted by atomic mass is 10.3. The van der Waals surface area contributed by atoms with Gasteiger partial charge in [-0.25, -0.2) is 13.4 Å². The van der Waals surface area contributed by atoms with Gasteiger partial charge in [0.2, 0.25) is 0 Å². The number of likely N-dealkylation sites (tertiary alicyclic amines) is 1. The first-order chi connectivity index (χ1) is 9.20. The molecule has 1 saturated heterocycles. The van der Waals surface area contributed by atoms with Gasteiger partial charge in [0.15, 0.2) is 0 Å². The number of rotatable bonds is 3. The van der Waals surface area contributed by atoms with Crippen LogP contribution in [0.2, 0.25) is 0 Å². The predicted molar refractivity (Wildman–Crippen MR) is 67.3 cm³/mol. The molecule has 2 N–H and O–H groups in total. The van der Waals surface area contributed by atoms with Gasteiger partial charge in [0.05, 0.1) is 10.9 Å². The quantitative estimate of drug-likeness (QED) is 0.907. The van der Waals surface area contributed by atoms with E-state index in [0.29, 0.717) is 11.5 Å². The Labute approximate surface area is 114 Å². The maximum Gasteiger partial charge on any atom is 0.497 e. The predicted octanol–water partition coefficient (Wildman–Crippen LogP) is 1.17. The molecule has 0 radical (unpaired) electrons. The van der Waals surface area contributed by atoms with E-state index in [1.807, 2.05) is 0 Å². The molecule has 20 heavy (non-hydrogen) atoms. The number of hydrogen-bond donors (Lipinski definition) is 1. The minimum Gasteiger partial charge on any atom is -0.384 e. The van der Waals surface area contributed by atoms with E-state index in [4.69, 9.17) is 5.73 Å². The van der Waals surface area contributed by atoms with E-state index in [1.165, 1.54) is 0 Å². The molecule has 1 aromatic rings. The molecule has 1 fully saturated rings. The highest BCUT2D eigenvalue weighted by Crippen LogP contribution is 2.31. The van der Waals surface area contributed by atoms with Crippen LogP contribution in [0.5, 0.6) is 0 Å². The summed E-state index contributed by atoms with van der Waals surface area (Å²) in [5, 5.41) is -1.40. The minimum atomic E-state index is -5.19. The van der Waals surface area contributed by atoms with Crippen molar-refractivity contribution >= 4 is 15.7 Å². The Morgan fingerprint density at radius 2 is 2.10 bits per heavy atom. The summed E-state index contributed by atoms with van der Waals surface area (Å²) in [5.41, 5.74) is 0.927. The SMILES string of the molecule is Nc1cccc(CN2CC[C@@H](S(=O)(=O)C(F)(F)F)C2)n1. The fourth-order valence-electron chi connectivity index (χ4n) is 2.20. The Morgan fingerprint density at radius 3 is 2.70 bits per heavy atom. The summed E-state index contributed by atoms with van der Waals surface area (Å²) in [7, 11) is -5.10. The first-order valence-corrected chi connectivity index (χ1v) is 7.49. The third-order valence-corrected chi connectivity index (χ3v) is 5.11. The normalized spacial score (nSPS) is 21.2. The monoisotopic (exact) mass is 309 g/mol. The van der Waals surface area contributed by atoms with Crippen LogP contribution < -0.4 is 5.73 Å². The molecule has 0 aromatic carbocycles. The van der Waals surface area contributed by atoms with Crippen molar-refractivity contribution in [2.24, 2.45) is 0 Å². The first-order valence-electron chi connectivity index (χ1n) is 5.94. The van der Waals surface area contributed by atoms with Crippen LogP contribution in [0.25, 0.3) is 0 Å². The van der Waals surface area contributed by atoms with Crippen molar-refractivity contribution in [1.29, 1.82) is 0 Å². The number of halogens is 3. The summed E-state index contributed by atoms with van der Waals surface area (Å²) < 4.78 is 60.0. The number of hydrogen-bond acceptors (Lipinski definition) is 5. The van der Waals surface area contributed by atoms with Gasteiger partial charge in [0.25, 0.3) is 9.84 Å². The fourth-order valence-corrected chi connectivity index (χ4v) is 3.40. The lowest BCUT2D eigenvalue weighted by Gasteiger charge is -2.17. The van der Waals surface area contributed by atoms with E-state index in [9.17, 15) is 21.6 Å². The van der Waals surface area contributed by atoms with Crippen molar-refractivity contribution in [2.45, 2.75) is 23.7 Å². The van der Waals surface area contributed by atoms with E-state index in [0.717, 1.165) is 0 Å². The summed E-state index contributed by atoms with van der Waals surface area (Å²) in [6.07, 6.45) is -0.0237. The van der Waals surface area contributed by atoms with E-state index in [-0.39, 0.29) is 26.1 Å². The maximum atomic E-state index is 12.5. The number of nitrogens with zero attached hydrogens (tertiary/aromatic N) is 2. The molecule has 5 nitrogen and oxygen atoms in total. The van der Waals surface area contributed by atoms with Crippen molar-refractivity contribution in [3.8, 4) is 0 Å². The van der Waals surface area contributed by atoms with Crippen molar-refractivity contribution in [1.82, 2.24) is 9.88 Å². The number of nitrogen functional groups attached to an aromatic ring is 1. The van der Waals surface area contributed by atoms with Crippen LogP contribution in [0.3, 0.4) is 0 Å². The number of pyridine rings is 1. The highest BCUT2D eigenvalue weighted by molar-refractivity contribution is 7.92. The second-order valence-corrected chi connectivity index (χ2v) is 6.91. The van der Waals surface area contributed by atoms with Gasteiger partial charge in [0, 0.05) is 13.1 Å². The second kappa shape index (κ2) is 5.21. The summed E-state index contributed by atoms with van der Waals surface area (Å²) in [6, 6.07) is 4.99. The molecule has 0 aliphatic carbocycles. The van der Waals surface area contributed by atoms with Gasteiger partial charge in [-0.1, -0.05) is 6.07 Å². The summed E-state index contributed by atoms with van der Waals surface area (Å²) in [6.45, 7) is 0.434. The highest BCUT2D eigenvalue weighted by atomic mass is 32.2. The summed E-state index contributed by atoms with van der Waals surface area (Å²) >= 11 is 0. The second-order valence-electron chi connectivity index (χ2n) is 4.69. The summed E-state index contributed by atoms with van der Waals surface area (Å²) in [5.74, 6) is 0.321. The fraction of sp³-hybridized carbons (Fsp3) is 0.545. The van der Waals surface area contributed by atoms with Crippen molar-refractivity contribution in [3.63, 3.8) is 0 Å². The van der Waals surface area contributed by atoms with Crippen LogP contribution in [0.15, 0.2) is 18.2 Å².